The molecular weight excluding hydrogens is 378 g/mol. The molecule has 1 amide bonds. The van der Waals surface area contributed by atoms with Crippen molar-refractivity contribution in [1.82, 2.24) is 5.32 Å². The molecule has 28 heavy (non-hydrogen) atoms. The molecule has 1 aliphatic heterocycles. The van der Waals surface area contributed by atoms with Crippen molar-refractivity contribution in [2.45, 2.75) is 25.4 Å². The van der Waals surface area contributed by atoms with E-state index in [1.165, 1.54) is 0 Å². The summed E-state index contributed by atoms with van der Waals surface area (Å²) in [5.74, 6) is 2.15. The van der Waals surface area contributed by atoms with Gasteiger partial charge in [-0.15, -0.1) is 6.58 Å². The number of ether oxygens (including phenoxy) is 3. The maximum absolute atomic E-state index is 11.8. The van der Waals surface area contributed by atoms with Crippen LogP contribution in [0.5, 0.6) is 17.2 Å². The number of rotatable bonds is 8. The summed E-state index contributed by atoms with van der Waals surface area (Å²) in [6, 6.07) is 9.56. The van der Waals surface area contributed by atoms with Crippen LogP contribution in [0.1, 0.15) is 18.4 Å². The van der Waals surface area contributed by atoms with Crippen LogP contribution in [0, 0.1) is 0 Å². The van der Waals surface area contributed by atoms with Crippen molar-refractivity contribution in [3.63, 3.8) is 0 Å². The van der Waals surface area contributed by atoms with Gasteiger partial charge in [-0.25, -0.2) is 0 Å². The molecule has 1 aliphatic rings. The summed E-state index contributed by atoms with van der Waals surface area (Å²) < 4.78 is 16.8. The Labute approximate surface area is 170 Å². The maximum Gasteiger partial charge on any atom is 0.220 e. The van der Waals surface area contributed by atoms with Gasteiger partial charge in [-0.1, -0.05) is 17.7 Å². The van der Waals surface area contributed by atoms with E-state index in [4.69, 9.17) is 25.8 Å². The Bertz CT molecular complexity index is 881. The van der Waals surface area contributed by atoms with Gasteiger partial charge in [-0.2, -0.15) is 0 Å². The van der Waals surface area contributed by atoms with Crippen LogP contribution < -0.4 is 19.5 Å². The average molecular weight is 402 g/mol. The van der Waals surface area contributed by atoms with Crippen molar-refractivity contribution in [2.24, 2.45) is 0 Å². The van der Waals surface area contributed by atoms with E-state index in [9.17, 15) is 4.79 Å². The van der Waals surface area contributed by atoms with E-state index in [2.05, 4.69) is 18.0 Å². The molecule has 0 saturated carbocycles. The lowest BCUT2D eigenvalue weighted by molar-refractivity contribution is -0.121. The van der Waals surface area contributed by atoms with E-state index in [0.717, 1.165) is 28.2 Å². The summed E-state index contributed by atoms with van der Waals surface area (Å²) in [5.41, 5.74) is 2.84. The Balaban J connectivity index is 1.78. The third-order valence-electron chi connectivity index (χ3n) is 4.67. The molecule has 6 heteroatoms. The zero-order chi connectivity index (χ0) is 20.1. The highest BCUT2D eigenvalue weighted by Crippen LogP contribution is 2.42. The zero-order valence-corrected chi connectivity index (χ0v) is 16.8. The Morgan fingerprint density at radius 1 is 1.32 bits per heavy atom. The molecule has 5 nitrogen and oxygen atoms in total. The second-order valence-corrected chi connectivity index (χ2v) is 7.00. The molecule has 0 aliphatic carbocycles. The van der Waals surface area contributed by atoms with Gasteiger partial charge in [-0.05, 0) is 42.3 Å². The smallest absolute Gasteiger partial charge is 0.220 e. The first-order valence-electron chi connectivity index (χ1n) is 9.14. The topological polar surface area (TPSA) is 56.8 Å². The molecule has 1 N–H and O–H groups in total. The molecule has 0 spiro atoms. The number of fused-ring (bicyclic) bond motifs is 1. The van der Waals surface area contributed by atoms with Crippen LogP contribution in [0.3, 0.4) is 0 Å². The van der Waals surface area contributed by atoms with Crippen molar-refractivity contribution >= 4 is 17.5 Å². The summed E-state index contributed by atoms with van der Waals surface area (Å²) in [6.45, 7) is 4.07. The lowest BCUT2D eigenvalue weighted by atomic mass is 9.99. The predicted octanol–water partition coefficient (Wildman–Crippen LogP) is 4.41. The largest absolute Gasteiger partial charge is 0.497 e. The normalized spacial score (nSPS) is 14.8. The quantitative estimate of drug-likeness (QED) is 0.665. The lowest BCUT2D eigenvalue weighted by Crippen LogP contribution is -2.34. The molecule has 1 heterocycles. The first-order chi connectivity index (χ1) is 13.5. The van der Waals surface area contributed by atoms with Gasteiger partial charge in [0, 0.05) is 24.0 Å². The average Bonchev–Trinajstić information content (AvgIpc) is 3.13. The number of hydrogen-bond acceptors (Lipinski definition) is 4. The summed E-state index contributed by atoms with van der Waals surface area (Å²) in [5, 5.41) is 3.44. The summed E-state index contributed by atoms with van der Waals surface area (Å²) in [6.07, 6.45) is 3.37. The molecule has 1 unspecified atom stereocenters. The van der Waals surface area contributed by atoms with Crippen LogP contribution in [-0.2, 0) is 11.2 Å². The minimum Gasteiger partial charge on any atom is -0.497 e. The molecule has 1 atom stereocenters. The fourth-order valence-corrected chi connectivity index (χ4v) is 3.53. The van der Waals surface area contributed by atoms with Gasteiger partial charge in [0.25, 0.3) is 0 Å². The number of halogens is 1. The van der Waals surface area contributed by atoms with Crippen molar-refractivity contribution in [3.8, 4) is 28.4 Å². The first kappa shape index (κ1) is 20.1. The fourth-order valence-electron chi connectivity index (χ4n) is 3.25. The third kappa shape index (κ3) is 4.42. The minimum absolute atomic E-state index is 0.00707. The number of hydrogen-bond donors (Lipinski definition) is 1. The van der Waals surface area contributed by atoms with E-state index in [-0.39, 0.29) is 12.0 Å². The Hall–Kier alpha value is -2.66. The standard InChI is InChI=1S/C22H24ClNO4/c1-4-5-6-21(25)24-13-17-10-15-9-14(11-19(23)22(15)28-17)18-12-16(26-2)7-8-20(18)27-3/h4,7-9,11-12,17H,1,5-6,10,13H2,2-3H3,(H,24,25). The van der Waals surface area contributed by atoms with Crippen LogP contribution in [0.2, 0.25) is 5.02 Å². The van der Waals surface area contributed by atoms with Gasteiger partial charge in [0.2, 0.25) is 5.91 Å². The third-order valence-corrected chi connectivity index (χ3v) is 4.95. The number of amides is 1. The van der Waals surface area contributed by atoms with Crippen molar-refractivity contribution in [2.75, 3.05) is 20.8 Å². The zero-order valence-electron chi connectivity index (χ0n) is 16.1. The van der Waals surface area contributed by atoms with E-state index in [0.29, 0.717) is 36.6 Å². The molecule has 2 aromatic carbocycles. The first-order valence-corrected chi connectivity index (χ1v) is 9.52. The molecule has 0 fully saturated rings. The molecule has 0 radical (unpaired) electrons. The van der Waals surface area contributed by atoms with Gasteiger partial charge in [0.1, 0.15) is 23.4 Å². The number of allylic oxidation sites excluding steroid dienone is 1. The van der Waals surface area contributed by atoms with Gasteiger partial charge < -0.3 is 19.5 Å². The van der Waals surface area contributed by atoms with E-state index in [1.807, 2.05) is 24.3 Å². The fraction of sp³-hybridized carbons (Fsp3) is 0.318. The van der Waals surface area contributed by atoms with E-state index < -0.39 is 0 Å². The molecule has 3 rings (SSSR count). The number of carbonyl (C=O) groups excluding carboxylic acids is 1. The predicted molar refractivity (Wildman–Crippen MR) is 111 cm³/mol. The highest BCUT2D eigenvalue weighted by molar-refractivity contribution is 6.32. The van der Waals surface area contributed by atoms with Crippen LogP contribution in [0.25, 0.3) is 11.1 Å². The number of benzene rings is 2. The van der Waals surface area contributed by atoms with Crippen LogP contribution in [0.15, 0.2) is 43.0 Å². The van der Waals surface area contributed by atoms with Crippen LogP contribution in [0.4, 0.5) is 0 Å². The molecular formula is C22H24ClNO4. The number of nitrogens with one attached hydrogen (secondary N) is 1. The second-order valence-electron chi connectivity index (χ2n) is 6.59. The Morgan fingerprint density at radius 3 is 2.86 bits per heavy atom. The van der Waals surface area contributed by atoms with Gasteiger partial charge >= 0.3 is 0 Å². The monoisotopic (exact) mass is 401 g/mol. The molecule has 148 valence electrons. The highest BCUT2D eigenvalue weighted by atomic mass is 35.5. The van der Waals surface area contributed by atoms with Crippen molar-refractivity contribution < 1.29 is 19.0 Å². The SMILES string of the molecule is C=CCCC(=O)NCC1Cc2cc(-c3cc(OC)ccc3OC)cc(Cl)c2O1. The van der Waals surface area contributed by atoms with Gasteiger partial charge in [0.05, 0.1) is 25.8 Å². The van der Waals surface area contributed by atoms with Crippen molar-refractivity contribution in [3.05, 3.63) is 53.6 Å². The molecule has 2 aromatic rings. The van der Waals surface area contributed by atoms with Crippen molar-refractivity contribution in [1.29, 1.82) is 0 Å². The maximum atomic E-state index is 11.8. The van der Waals surface area contributed by atoms with Crippen LogP contribution in [-0.4, -0.2) is 32.8 Å². The lowest BCUT2D eigenvalue weighted by Gasteiger charge is -2.13. The van der Waals surface area contributed by atoms with Crippen LogP contribution >= 0.6 is 11.6 Å². The number of methoxy groups -OCH3 is 2. The molecule has 0 aromatic heterocycles. The van der Waals surface area contributed by atoms with Gasteiger partial charge in [-0.3, -0.25) is 4.79 Å². The number of carbonyl (C=O) groups is 1. The minimum atomic E-state index is -0.136. The van der Waals surface area contributed by atoms with Gasteiger partial charge in [0.15, 0.2) is 0 Å². The highest BCUT2D eigenvalue weighted by Gasteiger charge is 2.27. The molecule has 0 bridgehead atoms. The Kier molecular flexibility index (Phi) is 6.47. The van der Waals surface area contributed by atoms with E-state index in [1.54, 1.807) is 20.3 Å². The molecule has 0 saturated heterocycles. The van der Waals surface area contributed by atoms with E-state index >= 15 is 0 Å². The summed E-state index contributed by atoms with van der Waals surface area (Å²) in [7, 11) is 3.26. The summed E-state index contributed by atoms with van der Waals surface area (Å²) >= 11 is 6.49. The Morgan fingerprint density at radius 2 is 2.14 bits per heavy atom. The second kappa shape index (κ2) is 9.02. The summed E-state index contributed by atoms with van der Waals surface area (Å²) in [4.78, 5) is 11.8.